The Balaban J connectivity index is 2.17. The zero-order chi connectivity index (χ0) is 10.8. The quantitative estimate of drug-likeness (QED) is 0.786. The van der Waals surface area contributed by atoms with E-state index in [1.165, 1.54) is 6.42 Å². The summed E-state index contributed by atoms with van der Waals surface area (Å²) in [4.78, 5) is 0. The molecule has 0 spiro atoms. The highest BCUT2D eigenvalue weighted by Crippen LogP contribution is 2.29. The Labute approximate surface area is 90.7 Å². The molecule has 0 aromatic heterocycles. The van der Waals surface area contributed by atoms with Crippen LogP contribution in [0.15, 0.2) is 18.2 Å². The van der Waals surface area contributed by atoms with Crippen molar-refractivity contribution in [2.24, 2.45) is 5.92 Å². The van der Waals surface area contributed by atoms with E-state index in [0.717, 1.165) is 24.2 Å². The van der Waals surface area contributed by atoms with Gasteiger partial charge in [0.15, 0.2) is 0 Å². The van der Waals surface area contributed by atoms with Crippen molar-refractivity contribution in [3.63, 3.8) is 0 Å². The Bertz CT molecular complexity index is 342. The SMILES string of the molecule is Cc1ccc(C(C)C2CCNC2)cc1F. The van der Waals surface area contributed by atoms with E-state index < -0.39 is 0 Å². The fourth-order valence-corrected chi connectivity index (χ4v) is 2.27. The highest BCUT2D eigenvalue weighted by Gasteiger charge is 2.22. The Morgan fingerprint density at radius 3 is 2.87 bits per heavy atom. The first-order chi connectivity index (χ1) is 7.18. The summed E-state index contributed by atoms with van der Waals surface area (Å²) in [6.45, 7) is 6.17. The Kier molecular flexibility index (Phi) is 3.06. The smallest absolute Gasteiger partial charge is 0.126 e. The monoisotopic (exact) mass is 207 g/mol. The summed E-state index contributed by atoms with van der Waals surface area (Å²) in [5.41, 5.74) is 1.86. The average molecular weight is 207 g/mol. The molecule has 1 N–H and O–H groups in total. The molecule has 0 radical (unpaired) electrons. The molecule has 0 saturated carbocycles. The third-order valence-electron chi connectivity index (χ3n) is 3.53. The fraction of sp³-hybridized carbons (Fsp3) is 0.538. The Hall–Kier alpha value is -0.890. The number of aryl methyl sites for hydroxylation is 1. The first kappa shape index (κ1) is 10.6. The van der Waals surface area contributed by atoms with Crippen LogP contribution in [0.4, 0.5) is 4.39 Å². The summed E-state index contributed by atoms with van der Waals surface area (Å²) in [7, 11) is 0. The number of benzene rings is 1. The van der Waals surface area contributed by atoms with E-state index >= 15 is 0 Å². The number of halogens is 1. The van der Waals surface area contributed by atoms with Crippen LogP contribution in [0.3, 0.4) is 0 Å². The highest BCUT2D eigenvalue weighted by atomic mass is 19.1. The molecule has 0 aliphatic carbocycles. The van der Waals surface area contributed by atoms with Crippen molar-refractivity contribution in [2.75, 3.05) is 13.1 Å². The molecule has 82 valence electrons. The molecule has 1 heterocycles. The van der Waals surface area contributed by atoms with E-state index in [2.05, 4.69) is 18.3 Å². The summed E-state index contributed by atoms with van der Waals surface area (Å²) in [5, 5.41) is 3.36. The maximum absolute atomic E-state index is 13.4. The maximum Gasteiger partial charge on any atom is 0.126 e. The molecule has 2 heteroatoms. The molecule has 1 saturated heterocycles. The average Bonchev–Trinajstić information content (AvgIpc) is 2.74. The predicted octanol–water partition coefficient (Wildman–Crippen LogP) is 2.85. The molecule has 15 heavy (non-hydrogen) atoms. The van der Waals surface area contributed by atoms with Crippen molar-refractivity contribution in [1.82, 2.24) is 5.32 Å². The third kappa shape index (κ3) is 2.20. The lowest BCUT2D eigenvalue weighted by molar-refractivity contribution is 0.484. The minimum Gasteiger partial charge on any atom is -0.316 e. The Morgan fingerprint density at radius 2 is 2.27 bits per heavy atom. The maximum atomic E-state index is 13.4. The van der Waals surface area contributed by atoms with Gasteiger partial charge in [0.1, 0.15) is 5.82 Å². The van der Waals surface area contributed by atoms with Crippen LogP contribution < -0.4 is 5.32 Å². The van der Waals surface area contributed by atoms with E-state index in [0.29, 0.717) is 11.8 Å². The van der Waals surface area contributed by atoms with E-state index in [-0.39, 0.29) is 5.82 Å². The van der Waals surface area contributed by atoms with Gasteiger partial charge < -0.3 is 5.32 Å². The van der Waals surface area contributed by atoms with Crippen molar-refractivity contribution in [3.05, 3.63) is 35.1 Å². The van der Waals surface area contributed by atoms with Crippen LogP contribution in [0.5, 0.6) is 0 Å². The van der Waals surface area contributed by atoms with Gasteiger partial charge in [0.2, 0.25) is 0 Å². The third-order valence-corrected chi connectivity index (χ3v) is 3.53. The minimum absolute atomic E-state index is 0.0784. The second-order valence-corrected chi connectivity index (χ2v) is 4.55. The first-order valence-electron chi connectivity index (χ1n) is 5.65. The Morgan fingerprint density at radius 1 is 1.47 bits per heavy atom. The van der Waals surface area contributed by atoms with Gasteiger partial charge in [-0.05, 0) is 55.5 Å². The van der Waals surface area contributed by atoms with Crippen molar-refractivity contribution >= 4 is 0 Å². The minimum atomic E-state index is -0.0784. The summed E-state index contributed by atoms with van der Waals surface area (Å²) in [5.74, 6) is 1.03. The molecule has 2 atom stereocenters. The van der Waals surface area contributed by atoms with Gasteiger partial charge in [0, 0.05) is 0 Å². The summed E-state index contributed by atoms with van der Waals surface area (Å²) in [6.07, 6.45) is 1.21. The molecule has 0 amide bonds. The van der Waals surface area contributed by atoms with Crippen LogP contribution >= 0.6 is 0 Å². The molecule has 2 rings (SSSR count). The molecule has 1 aromatic rings. The fourth-order valence-electron chi connectivity index (χ4n) is 2.27. The van der Waals surface area contributed by atoms with Crippen molar-refractivity contribution < 1.29 is 4.39 Å². The molecule has 1 aliphatic rings. The summed E-state index contributed by atoms with van der Waals surface area (Å²) >= 11 is 0. The van der Waals surface area contributed by atoms with Crippen LogP contribution in [0.1, 0.15) is 30.4 Å². The van der Waals surface area contributed by atoms with Crippen molar-refractivity contribution in [3.8, 4) is 0 Å². The van der Waals surface area contributed by atoms with E-state index in [1.807, 2.05) is 6.07 Å². The van der Waals surface area contributed by atoms with Gasteiger partial charge in [-0.1, -0.05) is 19.1 Å². The summed E-state index contributed by atoms with van der Waals surface area (Å²) < 4.78 is 13.4. The van der Waals surface area contributed by atoms with E-state index in [9.17, 15) is 4.39 Å². The normalized spacial score (nSPS) is 23.0. The standard InChI is InChI=1S/C13H18FN/c1-9-3-4-11(7-13(9)14)10(2)12-5-6-15-8-12/h3-4,7,10,12,15H,5-6,8H2,1-2H3. The zero-order valence-corrected chi connectivity index (χ0v) is 9.39. The van der Waals surface area contributed by atoms with Gasteiger partial charge >= 0.3 is 0 Å². The van der Waals surface area contributed by atoms with Crippen molar-refractivity contribution in [2.45, 2.75) is 26.2 Å². The van der Waals surface area contributed by atoms with Gasteiger partial charge in [-0.25, -0.2) is 4.39 Å². The molecular formula is C13H18FN. The number of hydrogen-bond acceptors (Lipinski definition) is 1. The lowest BCUT2D eigenvalue weighted by Gasteiger charge is -2.18. The number of hydrogen-bond donors (Lipinski definition) is 1. The van der Waals surface area contributed by atoms with Gasteiger partial charge in [-0.15, -0.1) is 0 Å². The molecule has 2 unspecified atom stereocenters. The van der Waals surface area contributed by atoms with Crippen LogP contribution in [0.25, 0.3) is 0 Å². The van der Waals surface area contributed by atoms with Gasteiger partial charge in [0.05, 0.1) is 0 Å². The van der Waals surface area contributed by atoms with E-state index in [1.54, 1.807) is 13.0 Å². The van der Waals surface area contributed by atoms with Crippen molar-refractivity contribution in [1.29, 1.82) is 0 Å². The molecule has 1 aliphatic heterocycles. The zero-order valence-electron chi connectivity index (χ0n) is 9.39. The number of rotatable bonds is 2. The van der Waals surface area contributed by atoms with Gasteiger partial charge in [-0.2, -0.15) is 0 Å². The van der Waals surface area contributed by atoms with Crippen LogP contribution in [-0.4, -0.2) is 13.1 Å². The van der Waals surface area contributed by atoms with Crippen LogP contribution in [-0.2, 0) is 0 Å². The number of nitrogens with one attached hydrogen (secondary N) is 1. The van der Waals surface area contributed by atoms with E-state index in [4.69, 9.17) is 0 Å². The molecular weight excluding hydrogens is 189 g/mol. The molecule has 0 bridgehead atoms. The lowest BCUT2D eigenvalue weighted by Crippen LogP contribution is -2.14. The lowest BCUT2D eigenvalue weighted by atomic mass is 9.87. The summed E-state index contributed by atoms with van der Waals surface area (Å²) in [6, 6.07) is 5.63. The predicted molar refractivity (Wildman–Crippen MR) is 60.5 cm³/mol. The largest absolute Gasteiger partial charge is 0.316 e. The first-order valence-corrected chi connectivity index (χ1v) is 5.65. The second-order valence-electron chi connectivity index (χ2n) is 4.55. The second kappa shape index (κ2) is 4.31. The van der Waals surface area contributed by atoms with Gasteiger partial charge in [0.25, 0.3) is 0 Å². The van der Waals surface area contributed by atoms with Crippen LogP contribution in [0, 0.1) is 18.7 Å². The molecule has 1 fully saturated rings. The van der Waals surface area contributed by atoms with Crippen LogP contribution in [0.2, 0.25) is 0 Å². The molecule has 1 aromatic carbocycles. The topological polar surface area (TPSA) is 12.0 Å². The molecule has 1 nitrogen and oxygen atoms in total. The highest BCUT2D eigenvalue weighted by molar-refractivity contribution is 5.26. The van der Waals surface area contributed by atoms with Gasteiger partial charge in [-0.3, -0.25) is 0 Å².